The second kappa shape index (κ2) is 7.66. The van der Waals surface area contributed by atoms with Crippen molar-refractivity contribution in [2.75, 3.05) is 17.3 Å². The quantitative estimate of drug-likeness (QED) is 0.399. The van der Waals surface area contributed by atoms with Crippen molar-refractivity contribution in [2.24, 2.45) is 5.92 Å². The lowest BCUT2D eigenvalue weighted by atomic mass is 10.1. The maximum absolute atomic E-state index is 15.1. The van der Waals surface area contributed by atoms with Gasteiger partial charge < -0.3 is 15.0 Å². The first kappa shape index (κ1) is 20.6. The predicted molar refractivity (Wildman–Crippen MR) is 114 cm³/mol. The second-order valence-electron chi connectivity index (χ2n) is 7.75. The van der Waals surface area contributed by atoms with E-state index in [2.05, 4.69) is 30.8 Å². The molecule has 1 unspecified atom stereocenters. The smallest absolute Gasteiger partial charge is 0.231 e. The number of amides is 1. The third-order valence-corrected chi connectivity index (χ3v) is 5.67. The Morgan fingerprint density at radius 3 is 2.91 bits per heavy atom. The Bertz CT molecular complexity index is 1350. The number of hydrogen-bond donors (Lipinski definition) is 3. The first-order valence-corrected chi connectivity index (χ1v) is 10.2. The number of carbonyl (C=O) groups is 1. The third-order valence-electron chi connectivity index (χ3n) is 5.31. The predicted octanol–water partition coefficient (Wildman–Crippen LogP) is 4.13. The summed E-state index contributed by atoms with van der Waals surface area (Å²) in [6.07, 6.45) is 5.15. The van der Waals surface area contributed by atoms with Gasteiger partial charge in [0.05, 0.1) is 52.5 Å². The fourth-order valence-corrected chi connectivity index (χ4v) is 3.82. The summed E-state index contributed by atoms with van der Waals surface area (Å²) in [5, 5.41) is 12.3. The molecular weight excluding hydrogens is 447 g/mol. The monoisotopic (exact) mass is 463 g/mol. The molecule has 5 rings (SSSR count). The minimum Gasteiger partial charge on any atom is -0.376 e. The first-order valence-electron chi connectivity index (χ1n) is 9.84. The molecule has 1 aromatic carbocycles. The van der Waals surface area contributed by atoms with Crippen molar-refractivity contribution in [3.8, 4) is 11.3 Å². The summed E-state index contributed by atoms with van der Waals surface area (Å²) >= 11 is 6.37. The lowest BCUT2D eigenvalue weighted by Crippen LogP contribution is -2.18. The summed E-state index contributed by atoms with van der Waals surface area (Å²) in [4.78, 5) is 20.5. The summed E-state index contributed by atoms with van der Waals surface area (Å²) in [6, 6.07) is -0.629. The highest BCUT2D eigenvalue weighted by molar-refractivity contribution is 6.35. The Balaban J connectivity index is 1.55. The molecule has 1 aliphatic rings. The van der Waals surface area contributed by atoms with E-state index >= 15 is 4.39 Å². The van der Waals surface area contributed by atoms with Crippen LogP contribution in [0.2, 0.25) is 5.02 Å². The van der Waals surface area contributed by atoms with Gasteiger partial charge in [-0.1, -0.05) is 11.6 Å². The van der Waals surface area contributed by atoms with Crippen LogP contribution < -0.4 is 10.6 Å². The average molecular weight is 464 g/mol. The van der Waals surface area contributed by atoms with Crippen LogP contribution in [-0.2, 0) is 4.79 Å². The summed E-state index contributed by atoms with van der Waals surface area (Å²) < 4.78 is 42.8. The zero-order chi connectivity index (χ0) is 22.6. The van der Waals surface area contributed by atoms with E-state index in [-0.39, 0.29) is 22.9 Å². The van der Waals surface area contributed by atoms with Crippen molar-refractivity contribution in [1.82, 2.24) is 24.6 Å². The van der Waals surface area contributed by atoms with Crippen LogP contribution in [0.3, 0.4) is 0 Å². The number of aromatic nitrogens is 5. The third kappa shape index (κ3) is 3.42. The molecule has 0 radical (unpaired) electrons. The van der Waals surface area contributed by atoms with E-state index in [1.807, 2.05) is 0 Å². The number of halogens is 4. The van der Waals surface area contributed by atoms with Crippen molar-refractivity contribution < 1.29 is 18.0 Å². The van der Waals surface area contributed by atoms with E-state index in [9.17, 15) is 13.6 Å². The lowest BCUT2D eigenvalue weighted by Gasteiger charge is -2.16. The van der Waals surface area contributed by atoms with Crippen LogP contribution in [0.25, 0.3) is 27.8 Å². The summed E-state index contributed by atoms with van der Waals surface area (Å²) in [5.74, 6) is -1.58. The minimum absolute atomic E-state index is 0.0244. The number of anilines is 2. The molecule has 166 valence electrons. The van der Waals surface area contributed by atoms with Crippen LogP contribution in [0, 0.1) is 11.7 Å². The van der Waals surface area contributed by atoms with Crippen molar-refractivity contribution in [3.63, 3.8) is 0 Å². The average Bonchev–Trinajstić information content (AvgIpc) is 3.14. The van der Waals surface area contributed by atoms with Crippen LogP contribution in [0.15, 0.2) is 24.8 Å². The van der Waals surface area contributed by atoms with Crippen LogP contribution >= 0.6 is 11.6 Å². The molecule has 3 N–H and O–H groups in total. The van der Waals surface area contributed by atoms with Gasteiger partial charge in [0, 0.05) is 17.1 Å². The fourth-order valence-electron chi connectivity index (χ4n) is 3.53. The summed E-state index contributed by atoms with van der Waals surface area (Å²) in [6.45, 7) is 0.879. The van der Waals surface area contributed by atoms with Gasteiger partial charge in [-0.3, -0.25) is 14.9 Å². The highest BCUT2D eigenvalue weighted by Gasteiger charge is 2.43. The number of rotatable bonds is 6. The number of fused-ring (bicyclic) bond motifs is 2. The molecule has 32 heavy (non-hydrogen) atoms. The van der Waals surface area contributed by atoms with Gasteiger partial charge in [0.1, 0.15) is 12.8 Å². The standard InChI is InChI=1S/C20H17ClF3N7O/c1-8(3-22)27-19-17(24)16(21)15(10-4-26-30-18(10)19)12-6-31-7-13(28-14(31)5-25-12)29-20(32)9-2-11(9)23/h4-9,11,27H,2-3H2,1H3,(H,26,30)(H,29,32)/t8?,9-,11+/m1/s1. The van der Waals surface area contributed by atoms with Crippen LogP contribution in [0.5, 0.6) is 0 Å². The normalized spacial score (nSPS) is 18.8. The van der Waals surface area contributed by atoms with E-state index in [0.29, 0.717) is 27.8 Å². The molecule has 4 aromatic rings. The highest BCUT2D eigenvalue weighted by atomic mass is 35.5. The molecule has 3 aromatic heterocycles. The number of nitrogens with zero attached hydrogens (tertiary/aromatic N) is 4. The number of carbonyl (C=O) groups excluding carboxylic acids is 1. The van der Waals surface area contributed by atoms with Gasteiger partial charge in [0.25, 0.3) is 0 Å². The Hall–Kier alpha value is -3.34. The number of benzene rings is 1. The number of nitrogens with one attached hydrogen (secondary N) is 3. The molecule has 0 saturated heterocycles. The Morgan fingerprint density at radius 2 is 2.19 bits per heavy atom. The second-order valence-corrected chi connectivity index (χ2v) is 8.13. The van der Waals surface area contributed by atoms with Gasteiger partial charge in [0.2, 0.25) is 5.91 Å². The summed E-state index contributed by atoms with van der Waals surface area (Å²) in [5.41, 5.74) is 1.40. The molecule has 0 bridgehead atoms. The van der Waals surface area contributed by atoms with Crippen molar-refractivity contribution >= 4 is 45.6 Å². The Kier molecular flexibility index (Phi) is 4.92. The van der Waals surface area contributed by atoms with E-state index in [1.54, 1.807) is 23.7 Å². The van der Waals surface area contributed by atoms with E-state index in [0.717, 1.165) is 0 Å². The highest BCUT2D eigenvalue weighted by Crippen LogP contribution is 2.41. The van der Waals surface area contributed by atoms with Gasteiger partial charge in [-0.05, 0) is 13.3 Å². The largest absolute Gasteiger partial charge is 0.376 e. The van der Waals surface area contributed by atoms with Gasteiger partial charge in [0.15, 0.2) is 17.3 Å². The van der Waals surface area contributed by atoms with Crippen molar-refractivity contribution in [1.29, 1.82) is 0 Å². The van der Waals surface area contributed by atoms with Crippen LogP contribution in [0.1, 0.15) is 13.3 Å². The van der Waals surface area contributed by atoms with E-state index in [1.165, 1.54) is 12.4 Å². The van der Waals surface area contributed by atoms with Gasteiger partial charge in [-0.15, -0.1) is 0 Å². The molecule has 12 heteroatoms. The molecule has 1 fully saturated rings. The van der Waals surface area contributed by atoms with E-state index in [4.69, 9.17) is 11.6 Å². The van der Waals surface area contributed by atoms with Crippen LogP contribution in [-0.4, -0.2) is 49.4 Å². The number of H-pyrrole nitrogens is 1. The number of alkyl halides is 2. The molecule has 1 amide bonds. The zero-order valence-electron chi connectivity index (χ0n) is 16.7. The Morgan fingerprint density at radius 1 is 1.41 bits per heavy atom. The fraction of sp³-hybridized carbons (Fsp3) is 0.300. The molecule has 0 aliphatic heterocycles. The Labute approximate surface area is 184 Å². The summed E-state index contributed by atoms with van der Waals surface area (Å²) in [7, 11) is 0. The number of imidazole rings is 1. The maximum Gasteiger partial charge on any atom is 0.231 e. The minimum atomic E-state index is -1.11. The van der Waals surface area contributed by atoms with E-state index < -0.39 is 36.5 Å². The van der Waals surface area contributed by atoms with Crippen LogP contribution in [0.4, 0.5) is 24.7 Å². The topological polar surface area (TPSA) is 100 Å². The lowest BCUT2D eigenvalue weighted by molar-refractivity contribution is -0.117. The molecule has 3 atom stereocenters. The SMILES string of the molecule is CC(CF)Nc1c(F)c(Cl)c(-c2cn3cc(NC(=O)[C@@H]4C[C@@H]4F)nc3cn2)c2cn[nH]c12. The molecule has 1 aliphatic carbocycles. The zero-order valence-corrected chi connectivity index (χ0v) is 17.4. The number of hydrogen-bond acceptors (Lipinski definition) is 5. The molecular formula is C20H17ClF3N7O. The van der Waals surface area contributed by atoms with Crippen molar-refractivity contribution in [3.05, 3.63) is 35.6 Å². The van der Waals surface area contributed by atoms with Crippen molar-refractivity contribution in [2.45, 2.75) is 25.6 Å². The molecule has 8 nitrogen and oxygen atoms in total. The molecule has 1 saturated carbocycles. The number of aromatic amines is 1. The first-order chi connectivity index (χ1) is 15.4. The molecule has 3 heterocycles. The van der Waals surface area contributed by atoms with Gasteiger partial charge in [-0.25, -0.2) is 18.2 Å². The van der Waals surface area contributed by atoms with Gasteiger partial charge in [-0.2, -0.15) is 5.10 Å². The maximum atomic E-state index is 15.1. The molecule has 0 spiro atoms. The van der Waals surface area contributed by atoms with Gasteiger partial charge >= 0.3 is 0 Å².